The van der Waals surface area contributed by atoms with Crippen LogP contribution in [0.3, 0.4) is 0 Å². The summed E-state index contributed by atoms with van der Waals surface area (Å²) in [6.45, 7) is 0. The number of aromatic nitrogens is 1. The Balaban J connectivity index is 2.41. The van der Waals surface area contributed by atoms with Crippen molar-refractivity contribution in [2.75, 3.05) is 12.4 Å². The molecular weight excluding hydrogens is 330 g/mol. The van der Waals surface area contributed by atoms with Crippen molar-refractivity contribution in [3.05, 3.63) is 35.5 Å². The van der Waals surface area contributed by atoms with Gasteiger partial charge < -0.3 is 14.9 Å². The second-order valence-corrected chi connectivity index (χ2v) is 5.15. The summed E-state index contributed by atoms with van der Waals surface area (Å²) in [6.07, 6.45) is 0. The van der Waals surface area contributed by atoms with Gasteiger partial charge in [-0.3, -0.25) is 0 Å². The van der Waals surface area contributed by atoms with Gasteiger partial charge in [-0.2, -0.15) is 15.8 Å². The molecule has 2 aromatic rings. The average molecular weight is 339 g/mol. The van der Waals surface area contributed by atoms with E-state index in [1.165, 1.54) is 0 Å². The number of allylic oxidation sites excluding steroid dienone is 2. The van der Waals surface area contributed by atoms with Gasteiger partial charge in [-0.15, -0.1) is 0 Å². The lowest BCUT2D eigenvalue weighted by Gasteiger charge is -2.02. The molecule has 0 radical (unpaired) electrons. The summed E-state index contributed by atoms with van der Waals surface area (Å²) >= 11 is 0.917. The second-order valence-electron chi connectivity index (χ2n) is 4.19. The molecule has 118 valence electrons. The molecule has 0 aliphatic carbocycles. The van der Waals surface area contributed by atoms with Gasteiger partial charge in [0, 0.05) is 5.56 Å². The third-order valence-corrected chi connectivity index (χ3v) is 3.70. The van der Waals surface area contributed by atoms with Crippen molar-refractivity contribution in [3.8, 4) is 40.3 Å². The van der Waals surface area contributed by atoms with Crippen LogP contribution in [0.4, 0.5) is 5.13 Å². The maximum atomic E-state index is 9.04. The van der Waals surface area contributed by atoms with Gasteiger partial charge in [0.2, 0.25) is 5.06 Å². The number of methoxy groups -OCH3 is 1. The Morgan fingerprint density at radius 1 is 1.17 bits per heavy atom. The van der Waals surface area contributed by atoms with Crippen LogP contribution in [-0.4, -0.2) is 17.4 Å². The van der Waals surface area contributed by atoms with E-state index in [1.807, 2.05) is 0 Å². The number of anilines is 1. The first-order chi connectivity index (χ1) is 11.7. The Morgan fingerprint density at radius 2 is 1.83 bits per heavy atom. The molecule has 0 aliphatic rings. The van der Waals surface area contributed by atoms with Gasteiger partial charge in [0.1, 0.15) is 35.3 Å². The zero-order valence-corrected chi connectivity index (χ0v) is 13.1. The average Bonchev–Trinajstić information content (AvgIpc) is 3.04. The molecular formula is C15H9N5O3S. The largest absolute Gasteiger partial charge is 0.497 e. The maximum Gasteiger partial charge on any atom is 0.248 e. The normalized spacial score (nSPS) is 9.12. The lowest BCUT2D eigenvalue weighted by molar-refractivity contribution is -0.133. The number of rotatable bonds is 5. The van der Waals surface area contributed by atoms with E-state index >= 15 is 0 Å². The topological polar surface area (TPSA) is 135 Å². The third-order valence-electron chi connectivity index (χ3n) is 2.86. The van der Waals surface area contributed by atoms with Crippen molar-refractivity contribution >= 4 is 16.5 Å². The van der Waals surface area contributed by atoms with Crippen LogP contribution in [0.1, 0.15) is 0 Å². The van der Waals surface area contributed by atoms with E-state index in [0.29, 0.717) is 17.0 Å². The van der Waals surface area contributed by atoms with E-state index in [9.17, 15) is 0 Å². The Morgan fingerprint density at radius 3 is 2.33 bits per heavy atom. The molecule has 8 nitrogen and oxygen atoms in total. The van der Waals surface area contributed by atoms with Crippen molar-refractivity contribution < 1.29 is 14.9 Å². The minimum absolute atomic E-state index is 0.0930. The van der Waals surface area contributed by atoms with E-state index in [0.717, 1.165) is 11.3 Å². The zero-order valence-electron chi connectivity index (χ0n) is 12.3. The molecule has 1 heterocycles. The highest BCUT2D eigenvalue weighted by Crippen LogP contribution is 2.38. The van der Waals surface area contributed by atoms with Crippen molar-refractivity contribution in [1.29, 1.82) is 15.8 Å². The number of hydrogen-bond acceptors (Lipinski definition) is 9. The van der Waals surface area contributed by atoms with E-state index in [4.69, 9.17) is 25.8 Å². The summed E-state index contributed by atoms with van der Waals surface area (Å²) in [6, 6.07) is 11.8. The Kier molecular flexibility index (Phi) is 5.32. The first-order valence-corrected chi connectivity index (χ1v) is 7.16. The van der Waals surface area contributed by atoms with Crippen LogP contribution in [0.5, 0.6) is 10.8 Å². The molecule has 0 spiro atoms. The highest BCUT2D eigenvalue weighted by atomic mass is 32.1. The van der Waals surface area contributed by atoms with E-state index in [2.05, 4.69) is 15.2 Å². The monoisotopic (exact) mass is 339 g/mol. The van der Waals surface area contributed by atoms with Crippen molar-refractivity contribution in [3.63, 3.8) is 0 Å². The van der Waals surface area contributed by atoms with Crippen molar-refractivity contribution in [1.82, 2.24) is 4.98 Å². The summed E-state index contributed by atoms with van der Waals surface area (Å²) < 4.78 is 5.07. The van der Waals surface area contributed by atoms with Crippen molar-refractivity contribution in [2.45, 2.75) is 0 Å². The SMILES string of the molecule is COc1ccc(-c2nc(NC(C#N)=C(C#N)C#N)sc2OO)cc1. The van der Waals surface area contributed by atoms with Gasteiger partial charge in [-0.1, -0.05) is 11.3 Å². The van der Waals surface area contributed by atoms with Crippen LogP contribution >= 0.6 is 11.3 Å². The molecule has 0 aliphatic heterocycles. The fourth-order valence-electron chi connectivity index (χ4n) is 1.74. The molecule has 0 unspecified atom stereocenters. The van der Waals surface area contributed by atoms with Crippen LogP contribution < -0.4 is 14.9 Å². The number of hydrogen-bond donors (Lipinski definition) is 2. The fourth-order valence-corrected chi connectivity index (χ4v) is 2.51. The summed E-state index contributed by atoms with van der Waals surface area (Å²) in [5.41, 5.74) is 0.373. The van der Waals surface area contributed by atoms with Crippen molar-refractivity contribution in [2.24, 2.45) is 0 Å². The van der Waals surface area contributed by atoms with Gasteiger partial charge in [-0.25, -0.2) is 10.2 Å². The Hall–Kier alpha value is -3.58. The van der Waals surface area contributed by atoms with Gasteiger partial charge in [0.05, 0.1) is 7.11 Å². The van der Waals surface area contributed by atoms with E-state index < -0.39 is 0 Å². The zero-order chi connectivity index (χ0) is 17.5. The van der Waals surface area contributed by atoms with Crippen LogP contribution in [0, 0.1) is 34.0 Å². The minimum Gasteiger partial charge on any atom is -0.497 e. The van der Waals surface area contributed by atoms with Crippen LogP contribution in [0.25, 0.3) is 11.3 Å². The quantitative estimate of drug-likeness (QED) is 0.482. The summed E-state index contributed by atoms with van der Waals surface area (Å²) in [4.78, 5) is 8.54. The van der Waals surface area contributed by atoms with Gasteiger partial charge >= 0.3 is 0 Å². The molecule has 0 amide bonds. The first kappa shape index (κ1) is 16.8. The summed E-state index contributed by atoms with van der Waals surface area (Å²) in [5, 5.41) is 38.6. The number of ether oxygens (including phenoxy) is 1. The molecule has 1 aromatic heterocycles. The molecule has 9 heteroatoms. The van der Waals surface area contributed by atoms with Gasteiger partial charge in [0.15, 0.2) is 10.7 Å². The first-order valence-electron chi connectivity index (χ1n) is 6.35. The van der Waals surface area contributed by atoms with Gasteiger partial charge in [0.25, 0.3) is 0 Å². The molecule has 0 saturated carbocycles. The minimum atomic E-state index is -0.370. The van der Waals surface area contributed by atoms with Gasteiger partial charge in [-0.05, 0) is 24.3 Å². The molecule has 0 fully saturated rings. The molecule has 0 bridgehead atoms. The summed E-state index contributed by atoms with van der Waals surface area (Å²) in [7, 11) is 1.54. The fraction of sp³-hybridized carbons (Fsp3) is 0.0667. The number of nitriles is 3. The predicted octanol–water partition coefficient (Wildman–Crippen LogP) is 2.91. The predicted molar refractivity (Wildman–Crippen MR) is 84.8 cm³/mol. The standard InChI is InChI=1S/C15H9N5O3S/c1-22-11-4-2-9(3-5-11)13-14(23-21)24-15(20-13)19-12(8-18)10(6-16)7-17/h2-5,21H,1H3,(H,19,20). The molecule has 1 aromatic carbocycles. The smallest absolute Gasteiger partial charge is 0.248 e. The highest BCUT2D eigenvalue weighted by molar-refractivity contribution is 7.17. The molecule has 2 rings (SSSR count). The number of nitrogens with one attached hydrogen (secondary N) is 1. The lowest BCUT2D eigenvalue weighted by atomic mass is 10.1. The van der Waals surface area contributed by atoms with Crippen LogP contribution in [-0.2, 0) is 0 Å². The Labute approximate surface area is 141 Å². The number of thiazole rings is 1. The maximum absolute atomic E-state index is 9.04. The molecule has 0 saturated heterocycles. The van der Waals surface area contributed by atoms with E-state index in [1.54, 1.807) is 49.6 Å². The number of nitrogens with zero attached hydrogens (tertiary/aromatic N) is 4. The second kappa shape index (κ2) is 7.61. The lowest BCUT2D eigenvalue weighted by Crippen LogP contribution is -2.00. The summed E-state index contributed by atoms with van der Waals surface area (Å²) in [5.74, 6) is 0.654. The molecule has 2 N–H and O–H groups in total. The Bertz CT molecular complexity index is 881. The van der Waals surface area contributed by atoms with Crippen LogP contribution in [0.2, 0.25) is 0 Å². The number of benzene rings is 1. The third kappa shape index (κ3) is 3.42. The molecule has 24 heavy (non-hydrogen) atoms. The highest BCUT2D eigenvalue weighted by Gasteiger charge is 2.17. The molecule has 0 atom stereocenters. The van der Waals surface area contributed by atoms with Crippen LogP contribution in [0.15, 0.2) is 35.5 Å². The van der Waals surface area contributed by atoms with E-state index in [-0.39, 0.29) is 21.5 Å².